The standard InChI is InChI=1S/C26H27N3O4/c1-32-23-11-8-18(14-24(23)33-2)16-27-26(31)28-22-10-9-19-12-13-29(17-21(19)15-22)25(30)20-6-4-3-5-7-20/h3-11,14-15H,12-13,16-17H2,1-2H3,(H2,27,28,31). The van der Waals surface area contributed by atoms with Crippen molar-refractivity contribution in [2.24, 2.45) is 0 Å². The minimum atomic E-state index is -0.308. The van der Waals surface area contributed by atoms with Crippen LogP contribution in [0.3, 0.4) is 0 Å². The lowest BCUT2D eigenvalue weighted by molar-refractivity contribution is 0.0734. The third-order valence-electron chi connectivity index (χ3n) is 5.69. The molecule has 0 spiro atoms. The van der Waals surface area contributed by atoms with Gasteiger partial charge in [-0.15, -0.1) is 0 Å². The van der Waals surface area contributed by atoms with Crippen molar-refractivity contribution < 1.29 is 19.1 Å². The predicted molar refractivity (Wildman–Crippen MR) is 127 cm³/mol. The van der Waals surface area contributed by atoms with E-state index < -0.39 is 0 Å². The second kappa shape index (κ2) is 10.1. The molecular formula is C26H27N3O4. The molecule has 0 saturated heterocycles. The first-order chi connectivity index (χ1) is 16.1. The van der Waals surface area contributed by atoms with Crippen LogP contribution >= 0.6 is 0 Å². The number of hydrogen-bond acceptors (Lipinski definition) is 4. The normalized spacial score (nSPS) is 12.5. The topological polar surface area (TPSA) is 79.9 Å². The number of nitrogens with zero attached hydrogens (tertiary/aromatic N) is 1. The molecule has 3 aromatic rings. The van der Waals surface area contributed by atoms with E-state index >= 15 is 0 Å². The molecule has 1 heterocycles. The molecule has 170 valence electrons. The van der Waals surface area contributed by atoms with E-state index in [1.54, 1.807) is 20.3 Å². The molecule has 33 heavy (non-hydrogen) atoms. The van der Waals surface area contributed by atoms with Crippen molar-refractivity contribution in [3.8, 4) is 11.5 Å². The van der Waals surface area contributed by atoms with Gasteiger partial charge in [-0.2, -0.15) is 0 Å². The maximum atomic E-state index is 12.8. The van der Waals surface area contributed by atoms with Gasteiger partial charge in [-0.1, -0.05) is 30.3 Å². The Bertz CT molecular complexity index is 1150. The first-order valence-electron chi connectivity index (χ1n) is 10.8. The number of carbonyl (C=O) groups is 2. The van der Waals surface area contributed by atoms with Crippen molar-refractivity contribution in [3.63, 3.8) is 0 Å². The number of urea groups is 1. The van der Waals surface area contributed by atoms with Crippen LogP contribution in [0.5, 0.6) is 11.5 Å². The monoisotopic (exact) mass is 445 g/mol. The fourth-order valence-electron chi connectivity index (χ4n) is 3.92. The Hall–Kier alpha value is -4.00. The summed E-state index contributed by atoms with van der Waals surface area (Å²) in [4.78, 5) is 27.1. The van der Waals surface area contributed by atoms with Crippen LogP contribution in [0.4, 0.5) is 10.5 Å². The van der Waals surface area contributed by atoms with Crippen LogP contribution in [-0.4, -0.2) is 37.6 Å². The Morgan fingerprint density at radius 2 is 1.70 bits per heavy atom. The number of fused-ring (bicyclic) bond motifs is 1. The van der Waals surface area contributed by atoms with Gasteiger partial charge >= 0.3 is 6.03 Å². The van der Waals surface area contributed by atoms with Crippen molar-refractivity contribution in [2.75, 3.05) is 26.1 Å². The van der Waals surface area contributed by atoms with Crippen LogP contribution in [0.2, 0.25) is 0 Å². The lowest BCUT2D eigenvalue weighted by Crippen LogP contribution is -2.36. The second-order valence-electron chi connectivity index (χ2n) is 7.82. The third-order valence-corrected chi connectivity index (χ3v) is 5.69. The van der Waals surface area contributed by atoms with Gasteiger partial charge in [-0.05, 0) is 59.5 Å². The smallest absolute Gasteiger partial charge is 0.319 e. The molecule has 7 heteroatoms. The van der Waals surface area contributed by atoms with Gasteiger partial charge in [0.2, 0.25) is 0 Å². The summed E-state index contributed by atoms with van der Waals surface area (Å²) in [5.41, 5.74) is 4.51. The second-order valence-corrected chi connectivity index (χ2v) is 7.82. The average Bonchev–Trinajstić information content (AvgIpc) is 2.86. The van der Waals surface area contributed by atoms with Crippen LogP contribution < -0.4 is 20.1 Å². The highest BCUT2D eigenvalue weighted by atomic mass is 16.5. The molecule has 0 aliphatic carbocycles. The first kappa shape index (κ1) is 22.2. The van der Waals surface area contributed by atoms with Crippen LogP contribution in [0.1, 0.15) is 27.0 Å². The van der Waals surface area contributed by atoms with E-state index in [0.717, 1.165) is 17.5 Å². The van der Waals surface area contributed by atoms with Gasteiger partial charge in [0.1, 0.15) is 0 Å². The summed E-state index contributed by atoms with van der Waals surface area (Å²) >= 11 is 0. The minimum absolute atomic E-state index is 0.0206. The number of methoxy groups -OCH3 is 2. The van der Waals surface area contributed by atoms with Crippen LogP contribution in [0, 0.1) is 0 Å². The van der Waals surface area contributed by atoms with Crippen molar-refractivity contribution in [1.82, 2.24) is 10.2 Å². The van der Waals surface area contributed by atoms with E-state index in [4.69, 9.17) is 9.47 Å². The Kier molecular flexibility index (Phi) is 6.78. The van der Waals surface area contributed by atoms with E-state index in [1.165, 1.54) is 5.56 Å². The Morgan fingerprint density at radius 1 is 0.909 bits per heavy atom. The largest absolute Gasteiger partial charge is 0.493 e. The number of hydrogen-bond donors (Lipinski definition) is 2. The van der Waals surface area contributed by atoms with Gasteiger partial charge in [0, 0.05) is 30.9 Å². The SMILES string of the molecule is COc1ccc(CNC(=O)Nc2ccc3c(c2)CN(C(=O)c2ccccc2)CC3)cc1OC. The summed E-state index contributed by atoms with van der Waals surface area (Å²) in [6.07, 6.45) is 0.791. The van der Waals surface area contributed by atoms with Crippen molar-refractivity contribution >= 4 is 17.6 Å². The molecule has 7 nitrogen and oxygen atoms in total. The summed E-state index contributed by atoms with van der Waals surface area (Å²) < 4.78 is 10.5. The molecule has 0 bridgehead atoms. The molecule has 0 unspecified atom stereocenters. The zero-order chi connectivity index (χ0) is 23.2. The molecule has 1 aliphatic heterocycles. The first-order valence-corrected chi connectivity index (χ1v) is 10.8. The summed E-state index contributed by atoms with van der Waals surface area (Å²) in [5.74, 6) is 1.27. The summed E-state index contributed by atoms with van der Waals surface area (Å²) in [7, 11) is 3.16. The highest BCUT2D eigenvalue weighted by molar-refractivity contribution is 5.94. The van der Waals surface area contributed by atoms with Crippen LogP contribution in [-0.2, 0) is 19.5 Å². The van der Waals surface area contributed by atoms with E-state index in [0.29, 0.717) is 42.4 Å². The molecule has 3 aromatic carbocycles. The zero-order valence-corrected chi connectivity index (χ0v) is 18.8. The number of nitrogens with one attached hydrogen (secondary N) is 2. The molecule has 0 aromatic heterocycles. The Morgan fingerprint density at radius 3 is 2.45 bits per heavy atom. The highest BCUT2D eigenvalue weighted by Gasteiger charge is 2.22. The van der Waals surface area contributed by atoms with E-state index in [-0.39, 0.29) is 11.9 Å². The number of anilines is 1. The van der Waals surface area contributed by atoms with Crippen LogP contribution in [0.15, 0.2) is 66.7 Å². The van der Waals surface area contributed by atoms with E-state index in [1.807, 2.05) is 65.6 Å². The van der Waals surface area contributed by atoms with Crippen molar-refractivity contribution in [1.29, 1.82) is 0 Å². The number of benzene rings is 3. The predicted octanol–water partition coefficient (Wildman–Crippen LogP) is 4.22. The maximum Gasteiger partial charge on any atom is 0.319 e. The lowest BCUT2D eigenvalue weighted by Gasteiger charge is -2.29. The molecule has 0 saturated carbocycles. The number of carbonyl (C=O) groups excluding carboxylic acids is 2. The van der Waals surface area contributed by atoms with Gasteiger partial charge in [0.25, 0.3) is 5.91 Å². The summed E-state index contributed by atoms with van der Waals surface area (Å²) in [6.45, 7) is 1.54. The lowest BCUT2D eigenvalue weighted by atomic mass is 9.98. The fourth-order valence-corrected chi connectivity index (χ4v) is 3.92. The Labute approximate surface area is 193 Å². The third kappa shape index (κ3) is 5.26. The number of amides is 3. The molecule has 0 atom stereocenters. The zero-order valence-electron chi connectivity index (χ0n) is 18.8. The van der Waals surface area contributed by atoms with Gasteiger partial charge in [0.05, 0.1) is 14.2 Å². The van der Waals surface area contributed by atoms with Gasteiger partial charge in [-0.3, -0.25) is 4.79 Å². The van der Waals surface area contributed by atoms with Gasteiger partial charge in [0.15, 0.2) is 11.5 Å². The summed E-state index contributed by atoms with van der Waals surface area (Å²) in [6, 6.07) is 20.4. The van der Waals surface area contributed by atoms with Crippen molar-refractivity contribution in [2.45, 2.75) is 19.5 Å². The average molecular weight is 446 g/mol. The molecular weight excluding hydrogens is 418 g/mol. The minimum Gasteiger partial charge on any atom is -0.493 e. The summed E-state index contributed by atoms with van der Waals surface area (Å²) in [5, 5.41) is 5.73. The van der Waals surface area contributed by atoms with Gasteiger partial charge < -0.3 is 25.0 Å². The highest BCUT2D eigenvalue weighted by Crippen LogP contribution is 2.27. The molecule has 0 radical (unpaired) electrons. The van der Waals surface area contributed by atoms with Crippen LogP contribution in [0.25, 0.3) is 0 Å². The van der Waals surface area contributed by atoms with E-state index in [2.05, 4.69) is 10.6 Å². The maximum absolute atomic E-state index is 12.8. The number of ether oxygens (including phenoxy) is 2. The molecule has 2 N–H and O–H groups in total. The Balaban J connectivity index is 1.37. The molecule has 4 rings (SSSR count). The quantitative estimate of drug-likeness (QED) is 0.595. The van der Waals surface area contributed by atoms with Gasteiger partial charge in [-0.25, -0.2) is 4.79 Å². The van der Waals surface area contributed by atoms with E-state index in [9.17, 15) is 9.59 Å². The molecule has 3 amide bonds. The number of rotatable bonds is 6. The molecule has 1 aliphatic rings. The fraction of sp³-hybridized carbons (Fsp3) is 0.231. The van der Waals surface area contributed by atoms with Crippen molar-refractivity contribution in [3.05, 3.63) is 89.0 Å². The molecule has 0 fully saturated rings.